The normalized spacial score (nSPS) is 13.6. The van der Waals surface area contributed by atoms with E-state index in [0.29, 0.717) is 11.3 Å². The second kappa shape index (κ2) is 10.3. The zero-order chi connectivity index (χ0) is 23.2. The molecule has 0 fully saturated rings. The molecule has 0 aliphatic heterocycles. The van der Waals surface area contributed by atoms with Gasteiger partial charge < -0.3 is 14.3 Å². The summed E-state index contributed by atoms with van der Waals surface area (Å²) in [4.78, 5) is 0. The van der Waals surface area contributed by atoms with Crippen LogP contribution in [0.2, 0.25) is 5.04 Å². The molecular formula is C27H31FO3Si. The Morgan fingerprint density at radius 2 is 1.41 bits per heavy atom. The molecule has 3 nitrogen and oxygen atoms in total. The molecule has 0 aliphatic rings. The van der Waals surface area contributed by atoms with Gasteiger partial charge >= 0.3 is 0 Å². The number of methoxy groups -OCH3 is 1. The summed E-state index contributed by atoms with van der Waals surface area (Å²) in [6.07, 6.45) is -0.00230. The predicted molar refractivity (Wildman–Crippen MR) is 131 cm³/mol. The van der Waals surface area contributed by atoms with Gasteiger partial charge in [0.05, 0.1) is 13.7 Å². The van der Waals surface area contributed by atoms with Crippen molar-refractivity contribution in [3.05, 3.63) is 102 Å². The van der Waals surface area contributed by atoms with Gasteiger partial charge in [0.25, 0.3) is 8.32 Å². The van der Waals surface area contributed by atoms with Crippen molar-refractivity contribution in [2.24, 2.45) is 0 Å². The van der Waals surface area contributed by atoms with Crippen molar-refractivity contribution in [1.82, 2.24) is 0 Å². The average Bonchev–Trinajstić information content (AvgIpc) is 2.81. The molecule has 0 radical (unpaired) electrons. The topological polar surface area (TPSA) is 38.7 Å². The molecule has 0 amide bonds. The first-order valence-corrected chi connectivity index (χ1v) is 12.6. The highest BCUT2D eigenvalue weighted by Crippen LogP contribution is 2.37. The maximum Gasteiger partial charge on any atom is 0.261 e. The van der Waals surface area contributed by atoms with Crippen molar-refractivity contribution in [1.29, 1.82) is 0 Å². The summed E-state index contributed by atoms with van der Waals surface area (Å²) in [6, 6.07) is 27.1. The lowest BCUT2D eigenvalue weighted by Gasteiger charge is -2.42. The lowest BCUT2D eigenvalue weighted by molar-refractivity contribution is 0.183. The third kappa shape index (κ3) is 5.01. The summed E-state index contributed by atoms with van der Waals surface area (Å²) in [5.74, 6) is 0.0217. The SMILES string of the molecule is COc1ccc(C(O)/C(F)=C/CO[Si](c2ccccc2)(c2ccccc2)C(C)(C)C)cc1. The maximum atomic E-state index is 14.9. The molecule has 0 saturated carbocycles. The monoisotopic (exact) mass is 450 g/mol. The van der Waals surface area contributed by atoms with Gasteiger partial charge in [-0.15, -0.1) is 0 Å². The van der Waals surface area contributed by atoms with Gasteiger partial charge in [-0.1, -0.05) is 93.6 Å². The lowest BCUT2D eigenvalue weighted by atomic mass is 10.1. The van der Waals surface area contributed by atoms with Gasteiger partial charge in [-0.3, -0.25) is 0 Å². The standard InChI is InChI=1S/C27H31FO3Si/c1-27(2,3)32(23-11-7-5-8-12-23,24-13-9-6-10-14-24)31-20-19-25(28)26(29)21-15-17-22(30-4)18-16-21/h5-19,26,29H,20H2,1-4H3/b25-19-. The Labute approximate surface area is 191 Å². The number of ether oxygens (including phenoxy) is 1. The first-order valence-electron chi connectivity index (χ1n) is 10.7. The molecule has 0 bridgehead atoms. The van der Waals surface area contributed by atoms with Gasteiger partial charge in [0.1, 0.15) is 17.7 Å². The van der Waals surface area contributed by atoms with E-state index < -0.39 is 20.2 Å². The minimum absolute atomic E-state index is 0.0618. The number of hydrogen-bond donors (Lipinski definition) is 1. The Kier molecular flexibility index (Phi) is 7.67. The highest BCUT2D eigenvalue weighted by molar-refractivity contribution is 6.99. The average molecular weight is 451 g/mol. The maximum absolute atomic E-state index is 14.9. The van der Waals surface area contributed by atoms with Crippen molar-refractivity contribution >= 4 is 18.7 Å². The Balaban J connectivity index is 1.92. The van der Waals surface area contributed by atoms with Gasteiger partial charge in [0, 0.05) is 0 Å². The van der Waals surface area contributed by atoms with Gasteiger partial charge in [-0.2, -0.15) is 0 Å². The number of halogens is 1. The van der Waals surface area contributed by atoms with Crippen LogP contribution < -0.4 is 15.1 Å². The molecule has 168 valence electrons. The number of aliphatic hydroxyl groups excluding tert-OH is 1. The molecule has 1 unspecified atom stereocenters. The molecule has 0 aromatic heterocycles. The van der Waals surface area contributed by atoms with E-state index in [1.165, 1.54) is 6.08 Å². The summed E-state index contributed by atoms with van der Waals surface area (Å²) in [5.41, 5.74) is 0.463. The summed E-state index contributed by atoms with van der Waals surface area (Å²) >= 11 is 0. The largest absolute Gasteiger partial charge is 0.497 e. The highest BCUT2D eigenvalue weighted by atomic mass is 28.4. The molecule has 1 N–H and O–H groups in total. The molecule has 0 saturated heterocycles. The minimum atomic E-state index is -2.75. The van der Waals surface area contributed by atoms with E-state index in [9.17, 15) is 9.50 Å². The first kappa shape index (κ1) is 23.9. The lowest BCUT2D eigenvalue weighted by Crippen LogP contribution is -2.66. The summed E-state index contributed by atoms with van der Waals surface area (Å²) in [6.45, 7) is 6.58. The number of benzene rings is 3. The van der Waals surface area contributed by atoms with E-state index in [-0.39, 0.29) is 11.6 Å². The van der Waals surface area contributed by atoms with Gasteiger partial charge in [-0.05, 0) is 39.2 Å². The summed E-state index contributed by atoms with van der Waals surface area (Å²) in [7, 11) is -1.19. The van der Waals surface area contributed by atoms with E-state index in [1.807, 2.05) is 36.4 Å². The Morgan fingerprint density at radius 3 is 1.84 bits per heavy atom. The van der Waals surface area contributed by atoms with Crippen molar-refractivity contribution in [2.75, 3.05) is 13.7 Å². The molecule has 3 rings (SSSR count). The van der Waals surface area contributed by atoms with E-state index >= 15 is 0 Å². The van der Waals surface area contributed by atoms with Crippen LogP contribution in [0.3, 0.4) is 0 Å². The predicted octanol–water partition coefficient (Wildman–Crippen LogP) is 5.16. The zero-order valence-electron chi connectivity index (χ0n) is 19.1. The van der Waals surface area contributed by atoms with Crippen LogP contribution in [0.1, 0.15) is 32.4 Å². The second-order valence-electron chi connectivity index (χ2n) is 8.74. The van der Waals surface area contributed by atoms with Crippen LogP contribution in [0.25, 0.3) is 0 Å². The third-order valence-corrected chi connectivity index (χ3v) is 10.7. The highest BCUT2D eigenvalue weighted by Gasteiger charge is 2.49. The fourth-order valence-corrected chi connectivity index (χ4v) is 8.55. The van der Waals surface area contributed by atoms with Crippen molar-refractivity contribution < 1.29 is 18.7 Å². The smallest absolute Gasteiger partial charge is 0.261 e. The molecule has 5 heteroatoms. The summed E-state index contributed by atoms with van der Waals surface area (Å²) in [5, 5.41) is 12.5. The van der Waals surface area contributed by atoms with Gasteiger partial charge in [0.15, 0.2) is 0 Å². The number of aliphatic hydroxyl groups is 1. The number of hydrogen-bond acceptors (Lipinski definition) is 3. The van der Waals surface area contributed by atoms with Gasteiger partial charge in [0.2, 0.25) is 0 Å². The molecule has 0 aliphatic carbocycles. The van der Waals surface area contributed by atoms with Crippen LogP contribution >= 0.6 is 0 Å². The van der Waals surface area contributed by atoms with E-state index in [2.05, 4.69) is 45.0 Å². The Morgan fingerprint density at radius 1 is 0.906 bits per heavy atom. The zero-order valence-corrected chi connectivity index (χ0v) is 20.1. The fraction of sp³-hybridized carbons (Fsp3) is 0.259. The minimum Gasteiger partial charge on any atom is -0.497 e. The molecule has 0 heterocycles. The van der Waals surface area contributed by atoms with Crippen molar-refractivity contribution in [3.8, 4) is 5.75 Å². The van der Waals surface area contributed by atoms with Crippen LogP contribution in [-0.2, 0) is 4.43 Å². The van der Waals surface area contributed by atoms with E-state index in [4.69, 9.17) is 9.16 Å². The molecule has 3 aromatic rings. The molecule has 1 atom stereocenters. The molecule has 32 heavy (non-hydrogen) atoms. The molecular weight excluding hydrogens is 419 g/mol. The Bertz CT molecular complexity index is 973. The van der Waals surface area contributed by atoms with Crippen LogP contribution in [0.15, 0.2) is 96.8 Å². The van der Waals surface area contributed by atoms with Crippen LogP contribution in [0.5, 0.6) is 5.75 Å². The van der Waals surface area contributed by atoms with Crippen LogP contribution in [0.4, 0.5) is 4.39 Å². The fourth-order valence-electron chi connectivity index (χ4n) is 4.06. The van der Waals surface area contributed by atoms with Crippen LogP contribution in [-0.4, -0.2) is 27.1 Å². The Hall–Kier alpha value is -2.73. The molecule has 0 spiro atoms. The number of rotatable bonds is 8. The van der Waals surface area contributed by atoms with Crippen LogP contribution in [0, 0.1) is 0 Å². The third-order valence-electron chi connectivity index (χ3n) is 5.69. The summed E-state index contributed by atoms with van der Waals surface area (Å²) < 4.78 is 26.6. The van der Waals surface area contributed by atoms with E-state index in [0.717, 1.165) is 10.4 Å². The van der Waals surface area contributed by atoms with Crippen molar-refractivity contribution in [2.45, 2.75) is 31.9 Å². The van der Waals surface area contributed by atoms with Crippen molar-refractivity contribution in [3.63, 3.8) is 0 Å². The van der Waals surface area contributed by atoms with E-state index in [1.54, 1.807) is 31.4 Å². The van der Waals surface area contributed by atoms with Gasteiger partial charge in [-0.25, -0.2) is 4.39 Å². The second-order valence-corrected chi connectivity index (χ2v) is 13.0. The first-order chi connectivity index (χ1) is 15.3. The molecule has 3 aromatic carbocycles. The quantitative estimate of drug-likeness (QED) is 0.482.